The van der Waals surface area contributed by atoms with Crippen molar-refractivity contribution in [3.63, 3.8) is 0 Å². The van der Waals surface area contributed by atoms with Crippen LogP contribution in [0.2, 0.25) is 0 Å². The van der Waals surface area contributed by atoms with Crippen LogP contribution in [0.4, 0.5) is 0 Å². The summed E-state index contributed by atoms with van der Waals surface area (Å²) in [5.41, 5.74) is 0. The molecule has 0 saturated carbocycles. The Hall–Kier alpha value is -0.930. The molecule has 1 aromatic heterocycles. The zero-order valence-electron chi connectivity index (χ0n) is 14.6. The molecule has 144 valence electrons. The number of aromatic nitrogens is 2. The van der Waals surface area contributed by atoms with Gasteiger partial charge in [-0.3, -0.25) is 9.69 Å². The first-order valence-electron chi connectivity index (χ1n) is 8.35. The van der Waals surface area contributed by atoms with Gasteiger partial charge in [-0.05, 0) is 6.92 Å². The Morgan fingerprint density at radius 2 is 2.00 bits per heavy atom. The Bertz CT molecular complexity index is 537. The topological polar surface area (TPSA) is 83.7 Å². The second-order valence-electron chi connectivity index (χ2n) is 6.07. The van der Waals surface area contributed by atoms with Gasteiger partial charge < -0.3 is 19.5 Å². The summed E-state index contributed by atoms with van der Waals surface area (Å²) in [4.78, 5) is 21.1. The molecule has 2 fully saturated rings. The van der Waals surface area contributed by atoms with Crippen LogP contribution >= 0.6 is 24.8 Å². The molecule has 8 nitrogen and oxygen atoms in total. The van der Waals surface area contributed by atoms with E-state index < -0.39 is 0 Å². The standard InChI is InChI=1S/C15H25N5O3.2ClH/c1-3-13-17-12(18-23-13)10-19-5-7-20(8-6-19)15(21)14-11(2)22-9-4-16-14;;/h11,14,16H,3-10H2,1-2H3;2*1H/t11-,14+;;/m1../s1. The van der Waals surface area contributed by atoms with E-state index in [1.54, 1.807) is 0 Å². The molecule has 0 unspecified atom stereocenters. The molecule has 2 saturated heterocycles. The number of halogens is 2. The number of hydrogen-bond donors (Lipinski definition) is 1. The van der Waals surface area contributed by atoms with Gasteiger partial charge in [0.15, 0.2) is 5.82 Å². The minimum atomic E-state index is -0.223. The van der Waals surface area contributed by atoms with Gasteiger partial charge in [-0.1, -0.05) is 12.1 Å². The lowest BCUT2D eigenvalue weighted by atomic mass is 10.1. The van der Waals surface area contributed by atoms with Crippen LogP contribution < -0.4 is 5.32 Å². The molecule has 0 spiro atoms. The Morgan fingerprint density at radius 1 is 1.28 bits per heavy atom. The van der Waals surface area contributed by atoms with Crippen molar-refractivity contribution in [3.8, 4) is 0 Å². The molecule has 0 bridgehead atoms. The molecule has 1 N–H and O–H groups in total. The first-order valence-corrected chi connectivity index (χ1v) is 8.35. The van der Waals surface area contributed by atoms with Crippen LogP contribution in [0.3, 0.4) is 0 Å². The van der Waals surface area contributed by atoms with Crippen molar-refractivity contribution in [2.45, 2.75) is 39.0 Å². The lowest BCUT2D eigenvalue weighted by Crippen LogP contribution is -2.59. The number of aryl methyl sites for hydroxylation is 1. The molecule has 2 aliphatic heterocycles. The SMILES string of the molecule is CCc1nc(CN2CCN(C(=O)[C@H]3NCCO[C@@H]3C)CC2)no1.Cl.Cl. The highest BCUT2D eigenvalue weighted by molar-refractivity contribution is 5.85. The van der Waals surface area contributed by atoms with Gasteiger partial charge in [-0.15, -0.1) is 24.8 Å². The molecule has 1 aromatic rings. The van der Waals surface area contributed by atoms with Gasteiger partial charge in [-0.2, -0.15) is 4.98 Å². The lowest BCUT2D eigenvalue weighted by molar-refractivity contribution is -0.141. The van der Waals surface area contributed by atoms with Gasteiger partial charge in [-0.25, -0.2) is 0 Å². The number of amides is 1. The van der Waals surface area contributed by atoms with Crippen molar-refractivity contribution in [1.82, 2.24) is 25.3 Å². The van der Waals surface area contributed by atoms with E-state index in [0.717, 1.165) is 45.0 Å². The summed E-state index contributed by atoms with van der Waals surface area (Å²) in [5, 5.41) is 7.25. The summed E-state index contributed by atoms with van der Waals surface area (Å²) in [6.45, 7) is 9.12. The van der Waals surface area contributed by atoms with Gasteiger partial charge in [0.2, 0.25) is 11.8 Å². The number of piperazine rings is 1. The summed E-state index contributed by atoms with van der Waals surface area (Å²) < 4.78 is 10.7. The number of nitrogens with one attached hydrogen (secondary N) is 1. The van der Waals surface area contributed by atoms with E-state index in [2.05, 4.69) is 20.4 Å². The Kier molecular flexibility index (Phi) is 9.09. The highest BCUT2D eigenvalue weighted by atomic mass is 35.5. The normalized spacial score (nSPS) is 24.3. The summed E-state index contributed by atoms with van der Waals surface area (Å²) in [5.74, 6) is 1.54. The molecule has 3 rings (SSSR count). The van der Waals surface area contributed by atoms with E-state index in [1.807, 2.05) is 18.7 Å². The van der Waals surface area contributed by atoms with Crippen LogP contribution in [-0.2, 0) is 22.5 Å². The average molecular weight is 396 g/mol. The Balaban J connectivity index is 0.00000156. The molecular formula is C15H27Cl2N5O3. The number of carbonyl (C=O) groups is 1. The number of nitrogens with zero attached hydrogens (tertiary/aromatic N) is 4. The smallest absolute Gasteiger partial charge is 0.242 e. The van der Waals surface area contributed by atoms with Crippen molar-refractivity contribution < 1.29 is 14.1 Å². The summed E-state index contributed by atoms with van der Waals surface area (Å²) in [7, 11) is 0. The summed E-state index contributed by atoms with van der Waals surface area (Å²) >= 11 is 0. The fraction of sp³-hybridized carbons (Fsp3) is 0.800. The van der Waals surface area contributed by atoms with Crippen molar-refractivity contribution in [2.75, 3.05) is 39.3 Å². The predicted molar refractivity (Wildman–Crippen MR) is 97.2 cm³/mol. The molecule has 0 aromatic carbocycles. The largest absolute Gasteiger partial charge is 0.375 e. The first-order chi connectivity index (χ1) is 11.2. The van der Waals surface area contributed by atoms with Crippen LogP contribution in [0, 0.1) is 0 Å². The summed E-state index contributed by atoms with van der Waals surface area (Å²) in [6.07, 6.45) is 0.685. The highest BCUT2D eigenvalue weighted by Gasteiger charge is 2.33. The van der Waals surface area contributed by atoms with Crippen LogP contribution in [0.5, 0.6) is 0 Å². The minimum Gasteiger partial charge on any atom is -0.375 e. The highest BCUT2D eigenvalue weighted by Crippen LogP contribution is 2.12. The van der Waals surface area contributed by atoms with Crippen LogP contribution in [-0.4, -0.2) is 77.3 Å². The van der Waals surface area contributed by atoms with E-state index >= 15 is 0 Å². The zero-order chi connectivity index (χ0) is 16.2. The predicted octanol–water partition coefficient (Wildman–Crippen LogP) is 0.497. The maximum atomic E-state index is 12.6. The third-order valence-electron chi connectivity index (χ3n) is 4.44. The van der Waals surface area contributed by atoms with E-state index in [4.69, 9.17) is 9.26 Å². The number of ether oxygens (including phenoxy) is 1. The first kappa shape index (κ1) is 22.1. The summed E-state index contributed by atoms with van der Waals surface area (Å²) in [6, 6.07) is -0.223. The third kappa shape index (κ3) is 5.52. The second kappa shape index (κ2) is 10.3. The lowest BCUT2D eigenvalue weighted by Gasteiger charge is -2.38. The molecular weight excluding hydrogens is 369 g/mol. The van der Waals surface area contributed by atoms with Gasteiger partial charge in [0.1, 0.15) is 6.04 Å². The fourth-order valence-corrected chi connectivity index (χ4v) is 3.03. The number of rotatable bonds is 4. The molecule has 25 heavy (non-hydrogen) atoms. The number of carbonyl (C=O) groups excluding carboxylic acids is 1. The Labute approximate surface area is 160 Å². The van der Waals surface area contributed by atoms with E-state index in [9.17, 15) is 4.79 Å². The van der Waals surface area contributed by atoms with Gasteiger partial charge >= 0.3 is 0 Å². The molecule has 0 aliphatic carbocycles. The quantitative estimate of drug-likeness (QED) is 0.794. The second-order valence-corrected chi connectivity index (χ2v) is 6.07. The molecule has 0 radical (unpaired) electrons. The van der Waals surface area contributed by atoms with Crippen molar-refractivity contribution in [2.24, 2.45) is 0 Å². The third-order valence-corrected chi connectivity index (χ3v) is 4.44. The van der Waals surface area contributed by atoms with Crippen molar-refractivity contribution in [3.05, 3.63) is 11.7 Å². The zero-order valence-corrected chi connectivity index (χ0v) is 16.3. The monoisotopic (exact) mass is 395 g/mol. The van der Waals surface area contributed by atoms with Crippen molar-refractivity contribution in [1.29, 1.82) is 0 Å². The van der Waals surface area contributed by atoms with E-state index in [-0.39, 0.29) is 42.9 Å². The van der Waals surface area contributed by atoms with Crippen LogP contribution in [0.25, 0.3) is 0 Å². The van der Waals surface area contributed by atoms with Crippen LogP contribution in [0.1, 0.15) is 25.6 Å². The molecule has 2 atom stereocenters. The van der Waals surface area contributed by atoms with Gasteiger partial charge in [0.25, 0.3) is 0 Å². The molecule has 3 heterocycles. The molecule has 1 amide bonds. The number of morpholine rings is 1. The maximum absolute atomic E-state index is 12.6. The maximum Gasteiger partial charge on any atom is 0.242 e. The average Bonchev–Trinajstić information content (AvgIpc) is 3.03. The molecule has 2 aliphatic rings. The van der Waals surface area contributed by atoms with Crippen LogP contribution in [0.15, 0.2) is 4.52 Å². The minimum absolute atomic E-state index is 0. The Morgan fingerprint density at radius 3 is 2.60 bits per heavy atom. The van der Waals surface area contributed by atoms with Gasteiger partial charge in [0, 0.05) is 39.1 Å². The van der Waals surface area contributed by atoms with E-state index in [1.165, 1.54) is 0 Å². The number of hydrogen-bond acceptors (Lipinski definition) is 7. The van der Waals surface area contributed by atoms with Crippen molar-refractivity contribution >= 4 is 30.7 Å². The van der Waals surface area contributed by atoms with Gasteiger partial charge in [0.05, 0.1) is 19.3 Å². The van der Waals surface area contributed by atoms with E-state index in [0.29, 0.717) is 19.0 Å². The fourth-order valence-electron chi connectivity index (χ4n) is 3.03. The molecule has 10 heteroatoms.